The Morgan fingerprint density at radius 2 is 1.92 bits per heavy atom. The van der Waals surface area contributed by atoms with Crippen molar-refractivity contribution in [3.05, 3.63) is 29.3 Å². The van der Waals surface area contributed by atoms with Gasteiger partial charge in [0.1, 0.15) is 5.82 Å². The van der Waals surface area contributed by atoms with E-state index in [0.717, 1.165) is 6.07 Å². The molecule has 0 aromatic heterocycles. The molecule has 0 aliphatic heterocycles. The largest absolute Gasteiger partial charge is 0.505 e. The van der Waals surface area contributed by atoms with Crippen LogP contribution in [0.2, 0.25) is 0 Å². The normalized spacial score (nSPS) is 12.9. The van der Waals surface area contributed by atoms with Crippen molar-refractivity contribution in [2.45, 2.75) is 12.8 Å². The van der Waals surface area contributed by atoms with Crippen molar-refractivity contribution in [2.75, 3.05) is 6.61 Å². The lowest BCUT2D eigenvalue weighted by Crippen LogP contribution is -2.02. The lowest BCUT2D eigenvalue weighted by Gasteiger charge is -2.09. The van der Waals surface area contributed by atoms with Crippen LogP contribution in [0.15, 0.2) is 12.1 Å². The van der Waals surface area contributed by atoms with E-state index in [1.165, 1.54) is 0 Å². The number of phenolic OH excluding ortho intramolecular Hbond substituents is 1. The van der Waals surface area contributed by atoms with Crippen molar-refractivity contribution in [3.8, 4) is 5.75 Å². The van der Waals surface area contributed by atoms with Gasteiger partial charge in [0, 0.05) is 18.6 Å². The van der Waals surface area contributed by atoms with E-state index in [1.54, 1.807) is 6.92 Å². The molecule has 0 radical (unpaired) electrons. The molecule has 0 spiro atoms. The first-order chi connectivity index (χ1) is 6.06. The van der Waals surface area contributed by atoms with Crippen molar-refractivity contribution in [1.29, 1.82) is 0 Å². The third-order valence-corrected chi connectivity index (χ3v) is 1.87. The van der Waals surface area contributed by atoms with Gasteiger partial charge in [0.15, 0.2) is 11.6 Å². The molecule has 13 heavy (non-hydrogen) atoms. The average Bonchev–Trinajstić information content (AvgIpc) is 2.10. The Bertz CT molecular complexity index is 313. The summed E-state index contributed by atoms with van der Waals surface area (Å²) in [5, 5.41) is 17.5. The van der Waals surface area contributed by atoms with Crippen molar-refractivity contribution < 1.29 is 19.0 Å². The van der Waals surface area contributed by atoms with Crippen LogP contribution in [0.1, 0.15) is 18.4 Å². The Kier molecular flexibility index (Phi) is 2.83. The Labute approximate surface area is 74.4 Å². The summed E-state index contributed by atoms with van der Waals surface area (Å²) in [6.07, 6.45) is 0. The highest BCUT2D eigenvalue weighted by Gasteiger charge is 2.13. The first kappa shape index (κ1) is 9.92. The van der Waals surface area contributed by atoms with E-state index in [2.05, 4.69) is 0 Å². The van der Waals surface area contributed by atoms with Gasteiger partial charge in [-0.05, 0) is 11.6 Å². The summed E-state index contributed by atoms with van der Waals surface area (Å²) in [6, 6.07) is 1.60. The van der Waals surface area contributed by atoms with Crippen molar-refractivity contribution in [2.24, 2.45) is 0 Å². The second-order valence-electron chi connectivity index (χ2n) is 2.91. The summed E-state index contributed by atoms with van der Waals surface area (Å²) < 4.78 is 25.8. The predicted molar refractivity (Wildman–Crippen MR) is 43.5 cm³/mol. The van der Waals surface area contributed by atoms with E-state index < -0.39 is 23.3 Å². The summed E-state index contributed by atoms with van der Waals surface area (Å²) in [5.74, 6) is -2.78. The maximum atomic E-state index is 13.0. The van der Waals surface area contributed by atoms with Gasteiger partial charge in [0.2, 0.25) is 0 Å². The monoisotopic (exact) mass is 188 g/mol. The standard InChI is InChI=1S/C9H10F2O2/c1-5(4-12)6-2-8(11)9(13)3-7(6)10/h2-3,5,12-13H,4H2,1H3. The van der Waals surface area contributed by atoms with Gasteiger partial charge < -0.3 is 10.2 Å². The highest BCUT2D eigenvalue weighted by atomic mass is 19.1. The molecule has 1 aromatic rings. The minimum atomic E-state index is -0.878. The molecule has 0 heterocycles. The summed E-state index contributed by atoms with van der Waals surface area (Å²) in [6.45, 7) is 1.30. The molecular formula is C9H10F2O2. The molecule has 72 valence electrons. The van der Waals surface area contributed by atoms with Gasteiger partial charge in [0.25, 0.3) is 0 Å². The van der Waals surface area contributed by atoms with Crippen molar-refractivity contribution >= 4 is 0 Å². The average molecular weight is 188 g/mol. The topological polar surface area (TPSA) is 40.5 Å². The fraction of sp³-hybridized carbons (Fsp3) is 0.333. The van der Waals surface area contributed by atoms with Gasteiger partial charge in [-0.2, -0.15) is 0 Å². The zero-order valence-electron chi connectivity index (χ0n) is 7.09. The van der Waals surface area contributed by atoms with Crippen LogP contribution in [0.3, 0.4) is 0 Å². The molecule has 1 aromatic carbocycles. The van der Waals surface area contributed by atoms with Gasteiger partial charge in [-0.25, -0.2) is 8.78 Å². The van der Waals surface area contributed by atoms with Gasteiger partial charge >= 0.3 is 0 Å². The van der Waals surface area contributed by atoms with E-state index in [4.69, 9.17) is 10.2 Å². The zero-order valence-corrected chi connectivity index (χ0v) is 7.09. The smallest absolute Gasteiger partial charge is 0.165 e. The van der Waals surface area contributed by atoms with Gasteiger partial charge in [-0.1, -0.05) is 6.92 Å². The molecule has 1 unspecified atom stereocenters. The molecule has 0 amide bonds. The van der Waals surface area contributed by atoms with Crippen LogP contribution in [0.5, 0.6) is 5.75 Å². The molecule has 0 aliphatic rings. The molecule has 0 fully saturated rings. The number of aliphatic hydroxyl groups excluding tert-OH is 1. The highest BCUT2D eigenvalue weighted by molar-refractivity contribution is 5.31. The summed E-state index contributed by atoms with van der Waals surface area (Å²) in [5.41, 5.74) is 0.0674. The van der Waals surface area contributed by atoms with Crippen molar-refractivity contribution in [1.82, 2.24) is 0 Å². The van der Waals surface area contributed by atoms with E-state index >= 15 is 0 Å². The van der Waals surface area contributed by atoms with Crippen LogP contribution < -0.4 is 0 Å². The molecule has 4 heteroatoms. The number of hydrogen-bond donors (Lipinski definition) is 2. The SMILES string of the molecule is CC(CO)c1cc(F)c(O)cc1F. The summed E-state index contributed by atoms with van der Waals surface area (Å²) in [4.78, 5) is 0. The van der Waals surface area contributed by atoms with Crippen LogP contribution in [0, 0.1) is 11.6 Å². The molecule has 0 aliphatic carbocycles. The maximum absolute atomic E-state index is 13.0. The van der Waals surface area contributed by atoms with Crippen molar-refractivity contribution in [3.63, 3.8) is 0 Å². The van der Waals surface area contributed by atoms with Crippen LogP contribution >= 0.6 is 0 Å². The van der Waals surface area contributed by atoms with Crippen LogP contribution in [-0.2, 0) is 0 Å². The summed E-state index contributed by atoms with van der Waals surface area (Å²) >= 11 is 0. The number of halogens is 2. The minimum absolute atomic E-state index is 0.0674. The fourth-order valence-corrected chi connectivity index (χ4v) is 1.03. The molecule has 2 N–H and O–H groups in total. The first-order valence-electron chi connectivity index (χ1n) is 3.85. The Hall–Kier alpha value is -1.16. The molecule has 2 nitrogen and oxygen atoms in total. The van der Waals surface area contributed by atoms with Crippen LogP contribution in [-0.4, -0.2) is 16.8 Å². The number of aliphatic hydroxyl groups is 1. The minimum Gasteiger partial charge on any atom is -0.505 e. The van der Waals surface area contributed by atoms with E-state index in [9.17, 15) is 8.78 Å². The number of rotatable bonds is 2. The van der Waals surface area contributed by atoms with Crippen LogP contribution in [0.4, 0.5) is 8.78 Å². The fourth-order valence-electron chi connectivity index (χ4n) is 1.03. The lowest BCUT2D eigenvalue weighted by atomic mass is 10.0. The zero-order chi connectivity index (χ0) is 10.0. The Balaban J connectivity index is 3.15. The molecule has 0 saturated heterocycles. The third kappa shape index (κ3) is 1.95. The molecule has 1 rings (SSSR count). The molecule has 1 atom stereocenters. The maximum Gasteiger partial charge on any atom is 0.165 e. The van der Waals surface area contributed by atoms with E-state index in [1.807, 2.05) is 0 Å². The molecule has 0 saturated carbocycles. The number of phenols is 1. The predicted octanol–water partition coefficient (Wildman–Crippen LogP) is 1.77. The summed E-state index contributed by atoms with van der Waals surface area (Å²) in [7, 11) is 0. The molecular weight excluding hydrogens is 178 g/mol. The third-order valence-electron chi connectivity index (χ3n) is 1.87. The second kappa shape index (κ2) is 3.70. The number of aromatic hydroxyl groups is 1. The van der Waals surface area contributed by atoms with Crippen LogP contribution in [0.25, 0.3) is 0 Å². The number of hydrogen-bond acceptors (Lipinski definition) is 2. The van der Waals surface area contributed by atoms with Gasteiger partial charge in [-0.3, -0.25) is 0 Å². The quantitative estimate of drug-likeness (QED) is 0.742. The van der Waals surface area contributed by atoms with E-state index in [0.29, 0.717) is 6.07 Å². The highest BCUT2D eigenvalue weighted by Crippen LogP contribution is 2.25. The van der Waals surface area contributed by atoms with Gasteiger partial charge in [-0.15, -0.1) is 0 Å². The molecule has 0 bridgehead atoms. The second-order valence-corrected chi connectivity index (χ2v) is 2.91. The first-order valence-corrected chi connectivity index (χ1v) is 3.85. The lowest BCUT2D eigenvalue weighted by molar-refractivity contribution is 0.270. The number of benzene rings is 1. The Morgan fingerprint density at radius 1 is 1.31 bits per heavy atom. The Morgan fingerprint density at radius 3 is 2.46 bits per heavy atom. The van der Waals surface area contributed by atoms with Gasteiger partial charge in [0.05, 0.1) is 0 Å². The van der Waals surface area contributed by atoms with E-state index in [-0.39, 0.29) is 12.2 Å².